The van der Waals surface area contributed by atoms with Gasteiger partial charge in [0.1, 0.15) is 9.77 Å². The van der Waals surface area contributed by atoms with Crippen molar-refractivity contribution in [3.63, 3.8) is 0 Å². The molecule has 0 saturated heterocycles. The van der Waals surface area contributed by atoms with Crippen molar-refractivity contribution in [3.05, 3.63) is 40.2 Å². The number of thiophene rings is 1. The van der Waals surface area contributed by atoms with Gasteiger partial charge in [0, 0.05) is 21.1 Å². The Bertz CT molecular complexity index is 795. The maximum Gasteiger partial charge on any atom is 0.347 e. The zero-order valence-electron chi connectivity index (χ0n) is 10.1. The minimum atomic E-state index is -3.93. The number of hydrogen-bond acceptors (Lipinski definition) is 4. The van der Waals surface area contributed by atoms with Crippen molar-refractivity contribution in [1.82, 2.24) is 4.72 Å². The molecule has 0 spiro atoms. The fourth-order valence-corrected chi connectivity index (χ4v) is 4.76. The van der Waals surface area contributed by atoms with E-state index in [-0.39, 0.29) is 16.3 Å². The number of benzene rings is 1. The SMILES string of the molecule is C=C(Br)CNS(=O)(=O)c1c(C(=O)O)sc2ccccc12. The first-order chi connectivity index (χ1) is 9.33. The topological polar surface area (TPSA) is 83.5 Å². The van der Waals surface area contributed by atoms with Crippen molar-refractivity contribution >= 4 is 53.3 Å². The van der Waals surface area contributed by atoms with E-state index < -0.39 is 16.0 Å². The van der Waals surface area contributed by atoms with Gasteiger partial charge in [-0.3, -0.25) is 0 Å². The average Bonchev–Trinajstić information content (AvgIpc) is 2.76. The van der Waals surface area contributed by atoms with E-state index in [1.54, 1.807) is 24.3 Å². The van der Waals surface area contributed by atoms with Gasteiger partial charge in [-0.15, -0.1) is 11.3 Å². The largest absolute Gasteiger partial charge is 0.477 e. The highest BCUT2D eigenvalue weighted by atomic mass is 79.9. The van der Waals surface area contributed by atoms with Gasteiger partial charge in [0.25, 0.3) is 0 Å². The van der Waals surface area contributed by atoms with Crippen LogP contribution >= 0.6 is 27.3 Å². The third-order valence-corrected chi connectivity index (χ3v) is 5.52. The Kier molecular flexibility index (Phi) is 4.28. The molecule has 0 aliphatic rings. The number of halogens is 1. The standard InChI is InChI=1S/C12H10BrNO4S2/c1-7(13)6-14-20(17,18)11-8-4-2-3-5-9(8)19-10(11)12(15)16/h2-5,14H,1,6H2,(H,15,16). The van der Waals surface area contributed by atoms with E-state index in [4.69, 9.17) is 0 Å². The van der Waals surface area contributed by atoms with Gasteiger partial charge in [0.15, 0.2) is 0 Å². The Morgan fingerprint density at radius 2 is 2.05 bits per heavy atom. The number of carbonyl (C=O) groups is 1. The van der Waals surface area contributed by atoms with Crippen molar-refractivity contribution in [2.75, 3.05) is 6.54 Å². The molecule has 2 aromatic rings. The van der Waals surface area contributed by atoms with E-state index in [1.165, 1.54) is 0 Å². The number of rotatable bonds is 5. The molecule has 0 aliphatic heterocycles. The summed E-state index contributed by atoms with van der Waals surface area (Å²) in [5, 5.41) is 9.60. The van der Waals surface area contributed by atoms with E-state index in [0.717, 1.165) is 11.3 Å². The molecule has 8 heteroatoms. The predicted octanol–water partition coefficient (Wildman–Crippen LogP) is 2.79. The first-order valence-electron chi connectivity index (χ1n) is 5.40. The van der Waals surface area contributed by atoms with Crippen LogP contribution in [0, 0.1) is 0 Å². The monoisotopic (exact) mass is 375 g/mol. The van der Waals surface area contributed by atoms with Gasteiger partial charge >= 0.3 is 5.97 Å². The van der Waals surface area contributed by atoms with Crippen molar-refractivity contribution < 1.29 is 18.3 Å². The Labute approximate surface area is 128 Å². The molecule has 0 atom stereocenters. The van der Waals surface area contributed by atoms with Crippen molar-refractivity contribution in [3.8, 4) is 0 Å². The second-order valence-electron chi connectivity index (χ2n) is 3.90. The first-order valence-corrected chi connectivity index (χ1v) is 8.50. The zero-order valence-corrected chi connectivity index (χ0v) is 13.3. The Morgan fingerprint density at radius 1 is 1.40 bits per heavy atom. The fraction of sp³-hybridized carbons (Fsp3) is 0.0833. The van der Waals surface area contributed by atoms with Crippen molar-refractivity contribution in [2.24, 2.45) is 0 Å². The number of hydrogen-bond donors (Lipinski definition) is 2. The molecule has 2 N–H and O–H groups in total. The Balaban J connectivity index is 2.65. The molecule has 1 aromatic carbocycles. The summed E-state index contributed by atoms with van der Waals surface area (Å²) in [6, 6.07) is 6.68. The molecule has 1 heterocycles. The van der Waals surface area contributed by atoms with E-state index >= 15 is 0 Å². The van der Waals surface area contributed by atoms with Crippen LogP contribution in [0.4, 0.5) is 0 Å². The van der Waals surface area contributed by atoms with Crippen LogP contribution in [0.2, 0.25) is 0 Å². The zero-order chi connectivity index (χ0) is 14.9. The van der Waals surface area contributed by atoms with Crippen molar-refractivity contribution in [1.29, 1.82) is 0 Å². The van der Waals surface area contributed by atoms with E-state index in [9.17, 15) is 18.3 Å². The first kappa shape index (κ1) is 15.2. The molecule has 1 aromatic heterocycles. The lowest BCUT2D eigenvalue weighted by atomic mass is 10.2. The highest BCUT2D eigenvalue weighted by molar-refractivity contribution is 9.11. The number of aromatic carboxylic acids is 1. The molecule has 2 rings (SSSR count). The molecule has 0 fully saturated rings. The summed E-state index contributed by atoms with van der Waals surface area (Å²) in [6.45, 7) is 3.53. The van der Waals surface area contributed by atoms with Crippen LogP contribution in [0.1, 0.15) is 9.67 Å². The van der Waals surface area contributed by atoms with Gasteiger partial charge in [-0.2, -0.15) is 0 Å². The van der Waals surface area contributed by atoms with Crippen LogP contribution in [-0.2, 0) is 10.0 Å². The van der Waals surface area contributed by atoms with Gasteiger partial charge in [-0.05, 0) is 6.07 Å². The second-order valence-corrected chi connectivity index (χ2v) is 7.78. The summed E-state index contributed by atoms with van der Waals surface area (Å²) < 4.78 is 28.0. The summed E-state index contributed by atoms with van der Waals surface area (Å²) in [5.41, 5.74) is 0. The fourth-order valence-electron chi connectivity index (χ4n) is 1.67. The number of carboxylic acids is 1. The normalized spacial score (nSPS) is 11.7. The van der Waals surface area contributed by atoms with Gasteiger partial charge in [-0.25, -0.2) is 17.9 Å². The highest BCUT2D eigenvalue weighted by Crippen LogP contribution is 2.34. The smallest absolute Gasteiger partial charge is 0.347 e. The summed E-state index contributed by atoms with van der Waals surface area (Å²) in [7, 11) is -3.93. The van der Waals surface area contributed by atoms with E-state index in [0.29, 0.717) is 14.6 Å². The summed E-state index contributed by atoms with van der Waals surface area (Å²) >= 11 is 3.99. The van der Waals surface area contributed by atoms with Crippen LogP contribution in [0.15, 0.2) is 40.2 Å². The minimum absolute atomic E-state index is 0.00837. The Morgan fingerprint density at radius 3 is 2.65 bits per heavy atom. The number of sulfonamides is 1. The average molecular weight is 376 g/mol. The van der Waals surface area contributed by atoms with Crippen LogP contribution < -0.4 is 4.72 Å². The molecule has 0 radical (unpaired) electrons. The molecule has 0 amide bonds. The molecule has 106 valence electrons. The predicted molar refractivity (Wildman–Crippen MR) is 82.0 cm³/mol. The third-order valence-electron chi connectivity index (χ3n) is 2.47. The molecule has 0 saturated carbocycles. The van der Waals surface area contributed by atoms with Gasteiger partial charge in [0.05, 0.1) is 0 Å². The van der Waals surface area contributed by atoms with Crippen LogP contribution in [0.5, 0.6) is 0 Å². The molecule has 0 bridgehead atoms. The van der Waals surface area contributed by atoms with Crippen molar-refractivity contribution in [2.45, 2.75) is 4.90 Å². The lowest BCUT2D eigenvalue weighted by molar-refractivity contribution is 0.0698. The summed E-state index contributed by atoms with van der Waals surface area (Å²) in [6.07, 6.45) is 0. The molecule has 0 aliphatic carbocycles. The van der Waals surface area contributed by atoms with E-state index in [1.807, 2.05) is 0 Å². The lowest BCUT2D eigenvalue weighted by Crippen LogP contribution is -2.25. The maximum absolute atomic E-state index is 12.3. The number of fused-ring (bicyclic) bond motifs is 1. The highest BCUT2D eigenvalue weighted by Gasteiger charge is 2.27. The number of carboxylic acid groups (broad SMARTS) is 1. The lowest BCUT2D eigenvalue weighted by Gasteiger charge is -2.06. The van der Waals surface area contributed by atoms with E-state index in [2.05, 4.69) is 27.2 Å². The summed E-state index contributed by atoms with van der Waals surface area (Å²) in [5.74, 6) is -1.26. The molecule has 20 heavy (non-hydrogen) atoms. The minimum Gasteiger partial charge on any atom is -0.477 e. The molecular weight excluding hydrogens is 366 g/mol. The van der Waals surface area contributed by atoms with Gasteiger partial charge in [0.2, 0.25) is 10.0 Å². The maximum atomic E-state index is 12.3. The number of nitrogens with one attached hydrogen (secondary N) is 1. The molecule has 5 nitrogen and oxygen atoms in total. The van der Waals surface area contributed by atoms with Gasteiger partial charge in [-0.1, -0.05) is 40.7 Å². The summed E-state index contributed by atoms with van der Waals surface area (Å²) in [4.78, 5) is 10.9. The molecular formula is C12H10BrNO4S2. The third kappa shape index (κ3) is 2.93. The van der Waals surface area contributed by atoms with Crippen LogP contribution in [0.3, 0.4) is 0 Å². The molecule has 0 unspecified atom stereocenters. The second kappa shape index (κ2) is 5.65. The van der Waals surface area contributed by atoms with Gasteiger partial charge < -0.3 is 5.11 Å². The Hall–Kier alpha value is -1.22. The van der Waals surface area contributed by atoms with Crippen LogP contribution in [-0.4, -0.2) is 26.0 Å². The van der Waals surface area contributed by atoms with Crippen LogP contribution in [0.25, 0.3) is 10.1 Å². The quantitative estimate of drug-likeness (QED) is 0.841.